The van der Waals surface area contributed by atoms with Gasteiger partial charge in [0, 0.05) is 26.2 Å². The molecule has 1 aliphatic heterocycles. The van der Waals surface area contributed by atoms with Gasteiger partial charge in [0.2, 0.25) is 0 Å². The van der Waals surface area contributed by atoms with Crippen LogP contribution in [-0.2, 0) is 12.8 Å². The van der Waals surface area contributed by atoms with Crippen molar-refractivity contribution in [2.24, 2.45) is 10.9 Å². The van der Waals surface area contributed by atoms with E-state index in [1.165, 1.54) is 12.0 Å². The highest BCUT2D eigenvalue weighted by Crippen LogP contribution is 2.21. The molecule has 1 unspecified atom stereocenters. The first kappa shape index (κ1) is 18.3. The molecule has 4 nitrogen and oxygen atoms in total. The molecule has 0 saturated carbocycles. The Morgan fingerprint density at radius 2 is 1.96 bits per heavy atom. The molecule has 0 radical (unpaired) electrons. The van der Waals surface area contributed by atoms with Crippen molar-refractivity contribution in [1.29, 1.82) is 0 Å². The first-order valence-corrected chi connectivity index (χ1v) is 9.59. The highest BCUT2D eigenvalue weighted by Gasteiger charge is 2.24. The standard InChI is InChI=1S/C22H29N3O/c1-2-23-22(24-13-11-19-9-6-10-21(26)16-19)25-14-12-20(17-25)15-18-7-4-3-5-8-18/h3-10,16,20,26H,2,11-15,17H2,1H3,(H,23,24). The van der Waals surface area contributed by atoms with E-state index in [0.717, 1.165) is 50.5 Å². The third-order valence-corrected chi connectivity index (χ3v) is 4.86. The minimum absolute atomic E-state index is 0.321. The molecule has 0 bridgehead atoms. The molecule has 0 spiro atoms. The summed E-state index contributed by atoms with van der Waals surface area (Å²) in [5.41, 5.74) is 2.54. The van der Waals surface area contributed by atoms with Crippen LogP contribution in [0.5, 0.6) is 5.75 Å². The summed E-state index contributed by atoms with van der Waals surface area (Å²) in [6, 6.07) is 18.2. The summed E-state index contributed by atoms with van der Waals surface area (Å²) >= 11 is 0. The summed E-state index contributed by atoms with van der Waals surface area (Å²) < 4.78 is 0. The maximum absolute atomic E-state index is 9.57. The van der Waals surface area contributed by atoms with Gasteiger partial charge in [-0.25, -0.2) is 0 Å². The van der Waals surface area contributed by atoms with Gasteiger partial charge in [0.15, 0.2) is 5.96 Å². The number of aromatic hydroxyl groups is 1. The third-order valence-electron chi connectivity index (χ3n) is 4.86. The van der Waals surface area contributed by atoms with E-state index in [0.29, 0.717) is 11.7 Å². The van der Waals surface area contributed by atoms with Crippen LogP contribution in [0, 0.1) is 5.92 Å². The fourth-order valence-electron chi connectivity index (χ4n) is 3.57. The van der Waals surface area contributed by atoms with E-state index in [9.17, 15) is 5.11 Å². The molecule has 1 fully saturated rings. The molecule has 138 valence electrons. The van der Waals surface area contributed by atoms with Gasteiger partial charge in [-0.2, -0.15) is 0 Å². The first-order valence-electron chi connectivity index (χ1n) is 9.59. The number of hydrogen-bond donors (Lipinski definition) is 2. The van der Waals surface area contributed by atoms with Crippen LogP contribution in [0.4, 0.5) is 0 Å². The lowest BCUT2D eigenvalue weighted by atomic mass is 9.99. The highest BCUT2D eigenvalue weighted by atomic mass is 16.3. The van der Waals surface area contributed by atoms with Gasteiger partial charge >= 0.3 is 0 Å². The number of hydrogen-bond acceptors (Lipinski definition) is 2. The Morgan fingerprint density at radius 1 is 1.15 bits per heavy atom. The van der Waals surface area contributed by atoms with Crippen molar-refractivity contribution < 1.29 is 5.11 Å². The monoisotopic (exact) mass is 351 g/mol. The predicted octanol–water partition coefficient (Wildman–Crippen LogP) is 3.46. The van der Waals surface area contributed by atoms with E-state index in [4.69, 9.17) is 4.99 Å². The zero-order valence-electron chi connectivity index (χ0n) is 15.6. The van der Waals surface area contributed by atoms with Crippen molar-refractivity contribution in [2.75, 3.05) is 26.2 Å². The molecule has 3 rings (SSSR count). The zero-order valence-corrected chi connectivity index (χ0v) is 15.6. The number of rotatable bonds is 6. The molecule has 4 heteroatoms. The van der Waals surface area contributed by atoms with Gasteiger partial charge in [-0.1, -0.05) is 42.5 Å². The first-order chi connectivity index (χ1) is 12.7. The van der Waals surface area contributed by atoms with Crippen LogP contribution in [0.2, 0.25) is 0 Å². The second-order valence-corrected chi connectivity index (χ2v) is 6.95. The molecule has 2 aromatic carbocycles. The van der Waals surface area contributed by atoms with E-state index in [1.807, 2.05) is 18.2 Å². The quantitative estimate of drug-likeness (QED) is 0.619. The Labute approximate surface area is 156 Å². The maximum Gasteiger partial charge on any atom is 0.193 e. The van der Waals surface area contributed by atoms with Crippen LogP contribution in [0.25, 0.3) is 0 Å². The van der Waals surface area contributed by atoms with Crippen LogP contribution in [0.1, 0.15) is 24.5 Å². The predicted molar refractivity (Wildman–Crippen MR) is 108 cm³/mol. The smallest absolute Gasteiger partial charge is 0.193 e. The summed E-state index contributed by atoms with van der Waals surface area (Å²) in [6.07, 6.45) is 3.19. The molecule has 1 heterocycles. The Bertz CT molecular complexity index is 714. The van der Waals surface area contributed by atoms with Gasteiger partial charge in [-0.3, -0.25) is 4.99 Å². The number of nitrogens with one attached hydrogen (secondary N) is 1. The number of nitrogens with zero attached hydrogens (tertiary/aromatic N) is 2. The number of guanidine groups is 1. The number of likely N-dealkylation sites (tertiary alicyclic amines) is 1. The molecule has 0 aromatic heterocycles. The van der Waals surface area contributed by atoms with Gasteiger partial charge < -0.3 is 15.3 Å². The second-order valence-electron chi connectivity index (χ2n) is 6.95. The Hall–Kier alpha value is -2.49. The van der Waals surface area contributed by atoms with Gasteiger partial charge in [-0.15, -0.1) is 0 Å². The van der Waals surface area contributed by atoms with Crippen LogP contribution < -0.4 is 5.32 Å². The van der Waals surface area contributed by atoms with E-state index in [-0.39, 0.29) is 0 Å². The maximum atomic E-state index is 9.57. The normalized spacial score (nSPS) is 17.5. The highest BCUT2D eigenvalue weighted by molar-refractivity contribution is 5.80. The number of phenolic OH excluding ortho intramolecular Hbond substituents is 1. The van der Waals surface area contributed by atoms with E-state index in [1.54, 1.807) is 6.07 Å². The van der Waals surface area contributed by atoms with Crippen molar-refractivity contribution in [2.45, 2.75) is 26.2 Å². The van der Waals surface area contributed by atoms with E-state index < -0.39 is 0 Å². The Balaban J connectivity index is 1.55. The van der Waals surface area contributed by atoms with Gasteiger partial charge in [0.05, 0.1) is 0 Å². The third kappa shape index (κ3) is 5.25. The molecular formula is C22H29N3O. The summed E-state index contributed by atoms with van der Waals surface area (Å²) in [5, 5.41) is 13.0. The average Bonchev–Trinajstić information content (AvgIpc) is 3.10. The number of phenols is 1. The van der Waals surface area contributed by atoms with Crippen LogP contribution in [0.3, 0.4) is 0 Å². The van der Waals surface area contributed by atoms with Crippen molar-refractivity contribution in [3.8, 4) is 5.75 Å². The minimum atomic E-state index is 0.321. The lowest BCUT2D eigenvalue weighted by molar-refractivity contribution is 0.460. The lowest BCUT2D eigenvalue weighted by Gasteiger charge is -2.21. The van der Waals surface area contributed by atoms with Gasteiger partial charge in [0.25, 0.3) is 0 Å². The van der Waals surface area contributed by atoms with E-state index in [2.05, 4.69) is 47.5 Å². The fourth-order valence-corrected chi connectivity index (χ4v) is 3.57. The lowest BCUT2D eigenvalue weighted by Crippen LogP contribution is -2.40. The molecule has 26 heavy (non-hydrogen) atoms. The van der Waals surface area contributed by atoms with Crippen molar-refractivity contribution in [1.82, 2.24) is 10.2 Å². The average molecular weight is 351 g/mol. The molecule has 1 aliphatic rings. The molecular weight excluding hydrogens is 322 g/mol. The van der Waals surface area contributed by atoms with Crippen molar-refractivity contribution in [3.63, 3.8) is 0 Å². The van der Waals surface area contributed by atoms with Crippen LogP contribution in [0.15, 0.2) is 59.6 Å². The summed E-state index contributed by atoms with van der Waals surface area (Å²) in [6.45, 7) is 5.85. The molecule has 1 atom stereocenters. The number of aliphatic imine (C=N–C) groups is 1. The molecule has 0 aliphatic carbocycles. The van der Waals surface area contributed by atoms with Crippen LogP contribution in [-0.4, -0.2) is 42.1 Å². The Kier molecular flexibility index (Phi) is 6.53. The summed E-state index contributed by atoms with van der Waals surface area (Å²) in [5.74, 6) is 2.03. The van der Waals surface area contributed by atoms with Gasteiger partial charge in [0.1, 0.15) is 5.75 Å². The SMILES string of the molecule is CCNC(=NCCc1cccc(O)c1)N1CCC(Cc2ccccc2)C1. The zero-order chi connectivity index (χ0) is 18.2. The largest absolute Gasteiger partial charge is 0.508 e. The Morgan fingerprint density at radius 3 is 2.73 bits per heavy atom. The molecule has 0 amide bonds. The van der Waals surface area contributed by atoms with Crippen LogP contribution >= 0.6 is 0 Å². The molecule has 2 N–H and O–H groups in total. The second kappa shape index (κ2) is 9.27. The number of benzene rings is 2. The van der Waals surface area contributed by atoms with Gasteiger partial charge in [-0.05, 0) is 55.4 Å². The van der Waals surface area contributed by atoms with Crippen molar-refractivity contribution >= 4 is 5.96 Å². The minimum Gasteiger partial charge on any atom is -0.508 e. The van der Waals surface area contributed by atoms with E-state index >= 15 is 0 Å². The van der Waals surface area contributed by atoms with Crippen molar-refractivity contribution in [3.05, 3.63) is 65.7 Å². The summed E-state index contributed by atoms with van der Waals surface area (Å²) in [7, 11) is 0. The summed E-state index contributed by atoms with van der Waals surface area (Å²) in [4.78, 5) is 7.20. The topological polar surface area (TPSA) is 47.9 Å². The fraction of sp³-hybridized carbons (Fsp3) is 0.409. The molecule has 1 saturated heterocycles. The molecule has 2 aromatic rings.